The molecular formula is C41H43F2N9O5S. The van der Waals surface area contributed by atoms with Crippen molar-refractivity contribution in [2.75, 3.05) is 38.2 Å². The molecule has 4 atom stereocenters. The highest BCUT2D eigenvalue weighted by molar-refractivity contribution is 7.90. The van der Waals surface area contributed by atoms with Crippen LogP contribution in [0.3, 0.4) is 0 Å². The summed E-state index contributed by atoms with van der Waals surface area (Å²) in [5.74, 6) is 2.17. The van der Waals surface area contributed by atoms with Gasteiger partial charge in [-0.3, -0.25) is 14.8 Å². The highest BCUT2D eigenvalue weighted by atomic mass is 32.2. The second-order valence-electron chi connectivity index (χ2n) is 16.7. The molecule has 4 fully saturated rings. The summed E-state index contributed by atoms with van der Waals surface area (Å²) in [6, 6.07) is 7.19. The van der Waals surface area contributed by atoms with E-state index in [0.29, 0.717) is 46.5 Å². The first kappa shape index (κ1) is 38.1. The van der Waals surface area contributed by atoms with Crippen LogP contribution in [0.2, 0.25) is 0 Å². The van der Waals surface area contributed by atoms with Crippen LogP contribution in [0.4, 0.5) is 19.4 Å². The number of pyridine rings is 1. The molecule has 5 aromatic rings. The van der Waals surface area contributed by atoms with Crippen molar-refractivity contribution in [3.8, 4) is 29.6 Å². The average Bonchev–Trinajstić information content (AvgIpc) is 3.66. The number of hydrogen-bond acceptors (Lipinski definition) is 12. The van der Waals surface area contributed by atoms with Crippen LogP contribution in [0.1, 0.15) is 70.2 Å². The molecule has 14 nitrogen and oxygen atoms in total. The van der Waals surface area contributed by atoms with Crippen LogP contribution < -0.4 is 9.64 Å². The highest BCUT2D eigenvalue weighted by Gasteiger charge is 2.45. The number of anilines is 1. The number of fused-ring (bicyclic) bond motifs is 4. The predicted octanol–water partition coefficient (Wildman–Crippen LogP) is 5.49. The number of terminal acetylenes is 1. The van der Waals surface area contributed by atoms with Gasteiger partial charge in [-0.1, -0.05) is 30.2 Å². The van der Waals surface area contributed by atoms with Gasteiger partial charge in [0, 0.05) is 48.7 Å². The molecule has 3 aliphatic heterocycles. The number of nitrogens with zero attached hydrogens (tertiary/aromatic N) is 9. The van der Waals surface area contributed by atoms with E-state index in [9.17, 15) is 17.6 Å². The predicted molar refractivity (Wildman–Crippen MR) is 212 cm³/mol. The fourth-order valence-corrected chi connectivity index (χ4v) is 10.1. The molecule has 6 heterocycles. The number of ether oxygens (including phenoxy) is 2. The van der Waals surface area contributed by atoms with Gasteiger partial charge in [0.1, 0.15) is 41.4 Å². The Labute approximate surface area is 334 Å². The molecule has 0 N–H and O–H groups in total. The Morgan fingerprint density at radius 3 is 2.48 bits per heavy atom. The van der Waals surface area contributed by atoms with Crippen molar-refractivity contribution in [2.45, 2.75) is 87.8 Å². The molecule has 3 saturated heterocycles. The molecule has 17 heteroatoms. The lowest BCUT2D eigenvalue weighted by molar-refractivity contribution is 0.0122. The lowest BCUT2D eigenvalue weighted by Gasteiger charge is -2.42. The lowest BCUT2D eigenvalue weighted by Crippen LogP contribution is -2.57. The summed E-state index contributed by atoms with van der Waals surface area (Å²) in [6.07, 6.45) is 11.8. The molecule has 302 valence electrons. The van der Waals surface area contributed by atoms with Crippen LogP contribution in [-0.4, -0.2) is 116 Å². The number of carbonyl (C=O) groups excluding carboxylic acids is 1. The molecule has 9 rings (SSSR count). The monoisotopic (exact) mass is 811 g/mol. The first-order valence-corrected chi connectivity index (χ1v) is 21.0. The first-order valence-electron chi connectivity index (χ1n) is 19.5. The Balaban J connectivity index is 1.06. The fraction of sp³-hybridized carbons (Fsp3) is 0.463. The molecule has 2 aromatic carbocycles. The van der Waals surface area contributed by atoms with Crippen LogP contribution in [0, 0.1) is 24.0 Å². The number of likely N-dealkylation sites (tertiary alicyclic amines) is 1. The third kappa shape index (κ3) is 6.75. The Morgan fingerprint density at radius 2 is 1.78 bits per heavy atom. The van der Waals surface area contributed by atoms with E-state index in [1.807, 2.05) is 37.6 Å². The second-order valence-corrected chi connectivity index (χ2v) is 18.8. The van der Waals surface area contributed by atoms with E-state index in [0.717, 1.165) is 29.8 Å². The highest BCUT2D eigenvalue weighted by Crippen LogP contribution is 2.40. The van der Waals surface area contributed by atoms with Gasteiger partial charge in [0.15, 0.2) is 11.6 Å². The normalized spacial score (nSPS) is 22.5. The van der Waals surface area contributed by atoms with Crippen molar-refractivity contribution < 1.29 is 31.5 Å². The van der Waals surface area contributed by atoms with Crippen LogP contribution in [0.25, 0.3) is 32.9 Å². The van der Waals surface area contributed by atoms with Gasteiger partial charge in [0.25, 0.3) is 10.0 Å². The van der Waals surface area contributed by atoms with Gasteiger partial charge >= 0.3 is 12.1 Å². The first-order chi connectivity index (χ1) is 27.7. The number of carbonyl (C=O) groups is 1. The average molecular weight is 812 g/mol. The van der Waals surface area contributed by atoms with E-state index in [-0.39, 0.29) is 72.5 Å². The third-order valence-corrected chi connectivity index (χ3v) is 13.5. The van der Waals surface area contributed by atoms with E-state index in [1.54, 1.807) is 29.2 Å². The molecule has 4 aliphatic rings. The Bertz CT molecular complexity index is 2610. The van der Waals surface area contributed by atoms with Crippen LogP contribution >= 0.6 is 0 Å². The summed E-state index contributed by atoms with van der Waals surface area (Å²) in [5.41, 5.74) is -0.512. The molecule has 0 radical (unpaired) electrons. The number of benzene rings is 2. The van der Waals surface area contributed by atoms with Gasteiger partial charge in [-0.15, -0.1) is 15.6 Å². The molecule has 3 aromatic heterocycles. The molecular weight excluding hydrogens is 769 g/mol. The van der Waals surface area contributed by atoms with Crippen LogP contribution in [0.5, 0.6) is 6.01 Å². The zero-order valence-corrected chi connectivity index (χ0v) is 33.4. The van der Waals surface area contributed by atoms with Gasteiger partial charge in [-0.2, -0.15) is 9.97 Å². The van der Waals surface area contributed by atoms with Crippen LogP contribution in [-0.2, 0) is 14.8 Å². The maximum absolute atomic E-state index is 17.1. The summed E-state index contributed by atoms with van der Waals surface area (Å²) in [6.45, 7) is 6.56. The number of amides is 1. The van der Waals surface area contributed by atoms with E-state index in [1.165, 1.54) is 18.6 Å². The molecule has 1 aliphatic carbocycles. The Morgan fingerprint density at radius 1 is 1.02 bits per heavy atom. The van der Waals surface area contributed by atoms with Gasteiger partial charge in [0.05, 0.1) is 28.3 Å². The molecule has 58 heavy (non-hydrogen) atoms. The van der Waals surface area contributed by atoms with Crippen molar-refractivity contribution in [1.82, 2.24) is 38.9 Å². The number of likely N-dealkylation sites (N-methyl/N-ethyl adjacent to an activating group) is 1. The molecule has 2 bridgehead atoms. The maximum Gasteiger partial charge on any atom is 0.410 e. The largest absolute Gasteiger partial charge is 0.462 e. The number of piperazine rings is 1. The minimum atomic E-state index is -3.83. The van der Waals surface area contributed by atoms with Gasteiger partial charge < -0.3 is 14.4 Å². The SMILES string of the molecule is C#Cc1c(F)ccc2cccc(-c3ncc4c(N5C[C@H]6CC[C@@H](C5)N6C(=O)OC(C)(C)C)nc(OC[C@@H]5C[C@@H](S(=O)(=O)n6cnc(C7CC7)n6)CN5C)nc4c3F)c12. The zero-order chi connectivity index (χ0) is 40.7. The number of hydrogen-bond donors (Lipinski definition) is 0. The minimum Gasteiger partial charge on any atom is -0.462 e. The maximum atomic E-state index is 17.1. The fourth-order valence-electron chi connectivity index (χ4n) is 8.57. The number of aromatic nitrogens is 6. The van der Waals surface area contributed by atoms with E-state index >= 15 is 4.39 Å². The molecule has 1 saturated carbocycles. The van der Waals surface area contributed by atoms with Crippen molar-refractivity contribution in [2.24, 2.45) is 0 Å². The number of rotatable bonds is 8. The van der Waals surface area contributed by atoms with Gasteiger partial charge in [-0.05, 0) is 71.4 Å². The second kappa shape index (κ2) is 14.1. The van der Waals surface area contributed by atoms with Gasteiger partial charge in [-0.25, -0.2) is 27.0 Å². The topological polar surface area (TPSA) is 149 Å². The quantitative estimate of drug-likeness (QED) is 0.183. The minimum absolute atomic E-state index is 0.00620. The summed E-state index contributed by atoms with van der Waals surface area (Å²) in [7, 11) is -2.01. The zero-order valence-electron chi connectivity index (χ0n) is 32.6. The standard InChI is InChI=1S/C41H43F2N9O5S/c1-6-29-32(42)15-12-23-8-7-9-30(33(23)29)35-34(43)36-31(17-44-35)38(50-18-25-13-14-26(19-50)52(25)40(53)57-41(2,3)4)47-39(46-36)56-21-27-16-28(20-49(27)5)58(54,55)51-22-45-37(48-51)24-10-11-24/h1,7-9,12,15,17,22,24-28H,10-11,13-14,16,18-21H2,2-5H3/t25-,26+,27-,28+/m0/s1. The van der Waals surface area contributed by atoms with Crippen molar-refractivity contribution in [3.05, 3.63) is 65.9 Å². The Kier molecular flexibility index (Phi) is 9.27. The van der Waals surface area contributed by atoms with E-state index < -0.39 is 32.5 Å². The number of halogens is 2. The van der Waals surface area contributed by atoms with Crippen molar-refractivity contribution in [3.63, 3.8) is 0 Å². The van der Waals surface area contributed by atoms with Crippen molar-refractivity contribution >= 4 is 43.6 Å². The summed E-state index contributed by atoms with van der Waals surface area (Å²) in [5, 5.41) is 4.81. The molecule has 1 amide bonds. The smallest absolute Gasteiger partial charge is 0.410 e. The summed E-state index contributed by atoms with van der Waals surface area (Å²) in [4.78, 5) is 37.2. The summed E-state index contributed by atoms with van der Waals surface area (Å²) < 4.78 is 72.3. The van der Waals surface area contributed by atoms with E-state index in [4.69, 9.17) is 20.9 Å². The Hall–Kier alpha value is -5.47. The molecule has 0 spiro atoms. The van der Waals surface area contributed by atoms with Crippen LogP contribution in [0.15, 0.2) is 42.9 Å². The lowest BCUT2D eigenvalue weighted by atomic mass is 9.96. The van der Waals surface area contributed by atoms with Gasteiger partial charge in [0.2, 0.25) is 0 Å². The van der Waals surface area contributed by atoms with Crippen molar-refractivity contribution in [1.29, 1.82) is 0 Å². The summed E-state index contributed by atoms with van der Waals surface area (Å²) >= 11 is 0. The third-order valence-electron chi connectivity index (χ3n) is 11.6. The van der Waals surface area contributed by atoms with E-state index in [2.05, 4.69) is 26.0 Å². The molecule has 0 unspecified atom stereocenters.